The molecule has 0 amide bonds. The monoisotopic (exact) mass is 199 g/mol. The van der Waals surface area contributed by atoms with Gasteiger partial charge in [-0.15, -0.1) is 0 Å². The third-order valence-electron chi connectivity index (χ3n) is 3.96. The van der Waals surface area contributed by atoms with Gasteiger partial charge >= 0.3 is 0 Å². The summed E-state index contributed by atoms with van der Waals surface area (Å²) < 4.78 is 5.36. The molecule has 0 atom stereocenters. The first-order valence-electron chi connectivity index (χ1n) is 5.58. The maximum atomic E-state index is 9.82. The molecule has 14 heavy (non-hydrogen) atoms. The Morgan fingerprint density at radius 1 is 1.36 bits per heavy atom. The fourth-order valence-corrected chi connectivity index (χ4v) is 3.37. The summed E-state index contributed by atoms with van der Waals surface area (Å²) in [6, 6.07) is 0. The van der Waals surface area contributed by atoms with E-state index in [1.807, 2.05) is 6.92 Å². The minimum absolute atomic E-state index is 0.216. The van der Waals surface area contributed by atoms with E-state index in [-0.39, 0.29) is 5.41 Å². The van der Waals surface area contributed by atoms with E-state index < -0.39 is 5.60 Å². The van der Waals surface area contributed by atoms with E-state index in [9.17, 15) is 5.11 Å². The molecule has 2 aliphatic rings. The summed E-state index contributed by atoms with van der Waals surface area (Å²) in [7, 11) is 0. The van der Waals surface area contributed by atoms with Gasteiger partial charge in [0.2, 0.25) is 0 Å². The molecule has 0 aromatic heterocycles. The zero-order valence-corrected chi connectivity index (χ0v) is 8.96. The smallest absolute Gasteiger partial charge is 0.0631 e. The van der Waals surface area contributed by atoms with E-state index in [0.29, 0.717) is 12.5 Å². The van der Waals surface area contributed by atoms with Crippen LogP contribution in [0.15, 0.2) is 0 Å². The normalized spacial score (nSPS) is 44.8. The molecule has 0 unspecified atom stereocenters. The van der Waals surface area contributed by atoms with Gasteiger partial charge in [-0.2, -0.15) is 0 Å². The molecule has 2 fully saturated rings. The highest BCUT2D eigenvalue weighted by Crippen LogP contribution is 2.54. The molecular weight excluding hydrogens is 178 g/mol. The minimum atomic E-state index is -0.461. The molecule has 0 aromatic carbocycles. The Labute approximate surface area is 85.6 Å². The summed E-state index contributed by atoms with van der Waals surface area (Å²) in [6.45, 7) is 4.37. The van der Waals surface area contributed by atoms with Crippen LogP contribution in [0.1, 0.15) is 32.6 Å². The van der Waals surface area contributed by atoms with Gasteiger partial charge in [-0.1, -0.05) is 0 Å². The summed E-state index contributed by atoms with van der Waals surface area (Å²) in [5.74, 6) is 0.668. The lowest BCUT2D eigenvalue weighted by Gasteiger charge is -2.56. The molecule has 0 bridgehead atoms. The predicted molar refractivity (Wildman–Crippen MR) is 54.9 cm³/mol. The first-order chi connectivity index (χ1) is 6.58. The first-order valence-corrected chi connectivity index (χ1v) is 5.58. The molecule has 3 N–H and O–H groups in total. The molecule has 1 heterocycles. The third-order valence-corrected chi connectivity index (χ3v) is 3.96. The highest BCUT2D eigenvalue weighted by molar-refractivity contribution is 5.05. The summed E-state index contributed by atoms with van der Waals surface area (Å²) in [6.07, 6.45) is 3.99. The second kappa shape index (κ2) is 3.47. The van der Waals surface area contributed by atoms with Crippen LogP contribution in [-0.4, -0.2) is 30.5 Å². The number of hydrogen-bond donors (Lipinski definition) is 2. The standard InChI is InChI=1S/C11H21NO2/c1-10(13)6-11(7-10,8-12)9-2-4-14-5-3-9/h9,13H,2-8,12H2,1H3. The van der Waals surface area contributed by atoms with Gasteiger partial charge in [0.05, 0.1) is 5.60 Å². The average Bonchev–Trinajstić information content (AvgIpc) is 2.15. The van der Waals surface area contributed by atoms with Gasteiger partial charge < -0.3 is 15.6 Å². The van der Waals surface area contributed by atoms with Crippen molar-refractivity contribution < 1.29 is 9.84 Å². The van der Waals surface area contributed by atoms with E-state index in [0.717, 1.165) is 38.9 Å². The van der Waals surface area contributed by atoms with Gasteiger partial charge in [0.25, 0.3) is 0 Å². The Bertz CT molecular complexity index is 201. The maximum absolute atomic E-state index is 9.82. The Morgan fingerprint density at radius 2 is 1.93 bits per heavy atom. The maximum Gasteiger partial charge on any atom is 0.0631 e. The molecule has 1 aliphatic carbocycles. The van der Waals surface area contributed by atoms with Gasteiger partial charge in [-0.05, 0) is 50.5 Å². The predicted octanol–water partition coefficient (Wildman–Crippen LogP) is 0.903. The van der Waals surface area contributed by atoms with Crippen LogP contribution >= 0.6 is 0 Å². The van der Waals surface area contributed by atoms with Crippen molar-refractivity contribution in [3.8, 4) is 0 Å². The molecular formula is C11H21NO2. The van der Waals surface area contributed by atoms with Crippen molar-refractivity contribution in [2.75, 3.05) is 19.8 Å². The molecule has 3 nitrogen and oxygen atoms in total. The Morgan fingerprint density at radius 3 is 2.36 bits per heavy atom. The quantitative estimate of drug-likeness (QED) is 0.695. The second-order valence-electron chi connectivity index (χ2n) is 5.30. The Kier molecular flexibility index (Phi) is 2.58. The largest absolute Gasteiger partial charge is 0.390 e. The van der Waals surface area contributed by atoms with E-state index in [1.165, 1.54) is 0 Å². The minimum Gasteiger partial charge on any atom is -0.390 e. The first kappa shape index (κ1) is 10.4. The van der Waals surface area contributed by atoms with Crippen LogP contribution < -0.4 is 5.73 Å². The molecule has 1 aliphatic heterocycles. The van der Waals surface area contributed by atoms with Crippen molar-refractivity contribution in [1.29, 1.82) is 0 Å². The third kappa shape index (κ3) is 1.69. The van der Waals surface area contributed by atoms with Gasteiger partial charge in [0, 0.05) is 13.2 Å². The molecule has 0 radical (unpaired) electrons. The number of hydrogen-bond acceptors (Lipinski definition) is 3. The second-order valence-corrected chi connectivity index (χ2v) is 5.30. The number of aliphatic hydroxyl groups is 1. The highest BCUT2D eigenvalue weighted by atomic mass is 16.5. The van der Waals surface area contributed by atoms with E-state index in [4.69, 9.17) is 10.5 Å². The summed E-state index contributed by atoms with van der Waals surface area (Å²) in [4.78, 5) is 0. The summed E-state index contributed by atoms with van der Waals surface area (Å²) in [5, 5.41) is 9.82. The molecule has 0 spiro atoms. The zero-order chi connectivity index (χ0) is 10.2. The van der Waals surface area contributed by atoms with E-state index >= 15 is 0 Å². The van der Waals surface area contributed by atoms with Gasteiger partial charge in [-0.3, -0.25) is 0 Å². The van der Waals surface area contributed by atoms with Crippen LogP contribution in [0.3, 0.4) is 0 Å². The lowest BCUT2D eigenvalue weighted by Crippen LogP contribution is -2.58. The Balaban J connectivity index is 1.99. The van der Waals surface area contributed by atoms with Gasteiger partial charge in [0.1, 0.15) is 0 Å². The van der Waals surface area contributed by atoms with Crippen LogP contribution in [0.25, 0.3) is 0 Å². The summed E-state index contributed by atoms with van der Waals surface area (Å²) in [5.41, 5.74) is 5.62. The van der Waals surface area contributed by atoms with Crippen molar-refractivity contribution in [3.05, 3.63) is 0 Å². The van der Waals surface area contributed by atoms with Crippen LogP contribution in [0.4, 0.5) is 0 Å². The number of rotatable bonds is 2. The lowest BCUT2D eigenvalue weighted by atomic mass is 9.53. The van der Waals surface area contributed by atoms with Crippen LogP contribution in [-0.2, 0) is 4.74 Å². The van der Waals surface area contributed by atoms with Gasteiger partial charge in [-0.25, -0.2) is 0 Å². The van der Waals surface area contributed by atoms with Crippen molar-refractivity contribution in [2.24, 2.45) is 17.1 Å². The van der Waals surface area contributed by atoms with Crippen molar-refractivity contribution in [1.82, 2.24) is 0 Å². The van der Waals surface area contributed by atoms with Crippen molar-refractivity contribution in [2.45, 2.75) is 38.2 Å². The topological polar surface area (TPSA) is 55.5 Å². The molecule has 3 heteroatoms. The SMILES string of the molecule is CC1(O)CC(CN)(C2CCOCC2)C1. The molecule has 82 valence electrons. The van der Waals surface area contributed by atoms with Crippen molar-refractivity contribution >= 4 is 0 Å². The number of ether oxygens (including phenoxy) is 1. The van der Waals surface area contributed by atoms with E-state index in [2.05, 4.69) is 0 Å². The highest BCUT2D eigenvalue weighted by Gasteiger charge is 2.54. The van der Waals surface area contributed by atoms with Crippen molar-refractivity contribution in [3.63, 3.8) is 0 Å². The lowest BCUT2D eigenvalue weighted by molar-refractivity contribution is -0.152. The summed E-state index contributed by atoms with van der Waals surface area (Å²) >= 11 is 0. The van der Waals surface area contributed by atoms with Crippen LogP contribution in [0, 0.1) is 11.3 Å². The van der Waals surface area contributed by atoms with E-state index in [1.54, 1.807) is 0 Å². The molecule has 2 rings (SSSR count). The fourth-order valence-electron chi connectivity index (χ4n) is 3.37. The average molecular weight is 199 g/mol. The van der Waals surface area contributed by atoms with Crippen LogP contribution in [0.2, 0.25) is 0 Å². The van der Waals surface area contributed by atoms with Crippen LogP contribution in [0.5, 0.6) is 0 Å². The fraction of sp³-hybridized carbons (Fsp3) is 1.00. The Hall–Kier alpha value is -0.120. The molecule has 1 saturated carbocycles. The molecule has 1 saturated heterocycles. The zero-order valence-electron chi connectivity index (χ0n) is 8.96. The number of nitrogens with two attached hydrogens (primary N) is 1. The molecule has 0 aromatic rings. The van der Waals surface area contributed by atoms with Gasteiger partial charge in [0.15, 0.2) is 0 Å².